The van der Waals surface area contributed by atoms with Crippen molar-refractivity contribution >= 4 is 22.8 Å². The maximum absolute atomic E-state index is 12.8. The molecule has 5 rings (SSSR count). The summed E-state index contributed by atoms with van der Waals surface area (Å²) in [7, 11) is 0. The molecule has 2 aliphatic heterocycles. The Labute approximate surface area is 192 Å². The molecule has 0 N–H and O–H groups in total. The molecule has 7 nitrogen and oxygen atoms in total. The van der Waals surface area contributed by atoms with Crippen molar-refractivity contribution in [2.45, 2.75) is 44.8 Å². The Hall–Kier alpha value is -3.05. The van der Waals surface area contributed by atoms with E-state index in [9.17, 15) is 22.0 Å². The van der Waals surface area contributed by atoms with Crippen LogP contribution in [0.5, 0.6) is 0 Å². The molecule has 2 fully saturated rings. The highest BCUT2D eigenvalue weighted by Gasteiger charge is 2.38. The summed E-state index contributed by atoms with van der Waals surface area (Å²) in [5.41, 5.74) is 0.279. The van der Waals surface area contributed by atoms with E-state index in [0.717, 1.165) is 64.1 Å². The molecule has 2 aliphatic rings. The summed E-state index contributed by atoms with van der Waals surface area (Å²) in [6.07, 6.45) is 0.880. The molecule has 0 aliphatic carbocycles. The quantitative estimate of drug-likeness (QED) is 0.515. The lowest BCUT2D eigenvalue weighted by atomic mass is 9.71. The number of piperidine rings is 2. The molecule has 0 aromatic carbocycles. The third kappa shape index (κ3) is 4.49. The SMILES string of the molecule is FC(F)Cn1ncc2ncc(N3CCC4(CCN(c5ccc(C(F)(F)F)cn5)CC4)CC3)nc21. The highest BCUT2D eigenvalue weighted by molar-refractivity contribution is 5.71. The fraction of sp³-hybridized carbons (Fsp3) is 0.545. The number of alkyl halides is 5. The molecule has 0 bridgehead atoms. The Morgan fingerprint density at radius 2 is 1.50 bits per heavy atom. The van der Waals surface area contributed by atoms with Crippen LogP contribution in [-0.2, 0) is 12.7 Å². The van der Waals surface area contributed by atoms with Crippen molar-refractivity contribution < 1.29 is 22.0 Å². The summed E-state index contributed by atoms with van der Waals surface area (Å²) in [4.78, 5) is 17.1. The zero-order chi connectivity index (χ0) is 23.9. The average Bonchev–Trinajstić information content (AvgIpc) is 3.21. The van der Waals surface area contributed by atoms with Crippen molar-refractivity contribution in [3.05, 3.63) is 36.3 Å². The van der Waals surface area contributed by atoms with Gasteiger partial charge in [0, 0.05) is 32.4 Å². The van der Waals surface area contributed by atoms with E-state index in [1.165, 1.54) is 16.9 Å². The largest absolute Gasteiger partial charge is 0.417 e. The first-order valence-electron chi connectivity index (χ1n) is 11.2. The molecule has 1 spiro atoms. The molecule has 2 saturated heterocycles. The minimum Gasteiger partial charge on any atom is -0.357 e. The Morgan fingerprint density at radius 3 is 2.06 bits per heavy atom. The summed E-state index contributed by atoms with van der Waals surface area (Å²) in [5, 5.41) is 3.97. The normalized spacial score (nSPS) is 18.9. The van der Waals surface area contributed by atoms with E-state index in [-0.39, 0.29) is 5.41 Å². The minimum absolute atomic E-state index is 0.174. The van der Waals surface area contributed by atoms with Crippen LogP contribution in [0.2, 0.25) is 0 Å². The van der Waals surface area contributed by atoms with Gasteiger partial charge in [-0.1, -0.05) is 0 Å². The first-order chi connectivity index (χ1) is 16.2. The van der Waals surface area contributed by atoms with Gasteiger partial charge in [-0.2, -0.15) is 18.3 Å². The molecule has 3 aromatic heterocycles. The van der Waals surface area contributed by atoms with Crippen molar-refractivity contribution in [1.82, 2.24) is 24.7 Å². The van der Waals surface area contributed by atoms with Gasteiger partial charge < -0.3 is 9.80 Å². The lowest BCUT2D eigenvalue weighted by Gasteiger charge is -2.47. The van der Waals surface area contributed by atoms with Gasteiger partial charge in [-0.15, -0.1) is 0 Å². The number of hydrogen-bond acceptors (Lipinski definition) is 6. The molecule has 0 radical (unpaired) electrons. The van der Waals surface area contributed by atoms with Gasteiger partial charge in [-0.25, -0.2) is 28.4 Å². The predicted molar refractivity (Wildman–Crippen MR) is 116 cm³/mol. The second kappa shape index (κ2) is 8.62. The van der Waals surface area contributed by atoms with Crippen LogP contribution in [0.4, 0.5) is 33.6 Å². The van der Waals surface area contributed by atoms with E-state index < -0.39 is 24.7 Å². The van der Waals surface area contributed by atoms with E-state index >= 15 is 0 Å². The standard InChI is InChI=1S/C22H24F5N7/c23-17(24)14-34-20-16(12-30-34)28-13-19(31-20)33-9-5-21(6-10-33)3-7-32(8-4-21)18-2-1-15(11-29-18)22(25,26)27/h1-2,11-13,17H,3-10,14H2. The number of hydrogen-bond donors (Lipinski definition) is 0. The van der Waals surface area contributed by atoms with Crippen LogP contribution in [0.25, 0.3) is 11.2 Å². The maximum atomic E-state index is 12.8. The van der Waals surface area contributed by atoms with E-state index in [2.05, 4.69) is 25.0 Å². The van der Waals surface area contributed by atoms with Gasteiger partial charge in [-0.3, -0.25) is 0 Å². The monoisotopic (exact) mass is 481 g/mol. The molecular formula is C22H24F5N7. The summed E-state index contributed by atoms with van der Waals surface area (Å²) < 4.78 is 65.2. The second-order valence-electron chi connectivity index (χ2n) is 9.03. The Balaban J connectivity index is 1.20. The van der Waals surface area contributed by atoms with Crippen LogP contribution < -0.4 is 9.80 Å². The number of fused-ring (bicyclic) bond motifs is 1. The number of anilines is 2. The van der Waals surface area contributed by atoms with E-state index in [4.69, 9.17) is 0 Å². The van der Waals surface area contributed by atoms with E-state index in [0.29, 0.717) is 22.8 Å². The molecule has 0 saturated carbocycles. The summed E-state index contributed by atoms with van der Waals surface area (Å²) in [5.74, 6) is 1.23. The van der Waals surface area contributed by atoms with E-state index in [1.807, 2.05) is 4.90 Å². The molecule has 34 heavy (non-hydrogen) atoms. The number of rotatable bonds is 4. The molecular weight excluding hydrogens is 457 g/mol. The van der Waals surface area contributed by atoms with Gasteiger partial charge in [0.2, 0.25) is 0 Å². The van der Waals surface area contributed by atoms with E-state index in [1.54, 1.807) is 6.20 Å². The Kier molecular flexibility index (Phi) is 5.76. The van der Waals surface area contributed by atoms with Gasteiger partial charge in [0.05, 0.1) is 18.0 Å². The molecule has 0 amide bonds. The van der Waals surface area contributed by atoms with Crippen molar-refractivity contribution in [1.29, 1.82) is 0 Å². The van der Waals surface area contributed by atoms with Crippen LogP contribution in [0, 0.1) is 5.41 Å². The predicted octanol–water partition coefficient (Wildman–Crippen LogP) is 4.39. The number of aromatic nitrogens is 5. The molecule has 0 unspecified atom stereocenters. The van der Waals surface area contributed by atoms with Crippen LogP contribution >= 0.6 is 0 Å². The number of nitrogens with zero attached hydrogens (tertiary/aromatic N) is 7. The zero-order valence-corrected chi connectivity index (χ0v) is 18.3. The lowest BCUT2D eigenvalue weighted by Crippen LogP contribution is -2.47. The highest BCUT2D eigenvalue weighted by Crippen LogP contribution is 2.42. The third-order valence-electron chi connectivity index (χ3n) is 7.01. The average molecular weight is 481 g/mol. The second-order valence-corrected chi connectivity index (χ2v) is 9.03. The summed E-state index contributed by atoms with van der Waals surface area (Å²) >= 11 is 0. The molecule has 5 heterocycles. The topological polar surface area (TPSA) is 63.0 Å². The van der Waals surface area contributed by atoms with Gasteiger partial charge in [0.1, 0.15) is 23.7 Å². The summed E-state index contributed by atoms with van der Waals surface area (Å²) in [6.45, 7) is 2.53. The van der Waals surface area contributed by atoms with Crippen LogP contribution in [0.3, 0.4) is 0 Å². The van der Waals surface area contributed by atoms with Crippen LogP contribution in [0.15, 0.2) is 30.7 Å². The molecule has 0 atom stereocenters. The third-order valence-corrected chi connectivity index (χ3v) is 7.01. The number of pyridine rings is 1. The minimum atomic E-state index is -4.39. The van der Waals surface area contributed by atoms with Gasteiger partial charge in [0.15, 0.2) is 5.65 Å². The van der Waals surface area contributed by atoms with Gasteiger partial charge >= 0.3 is 6.18 Å². The van der Waals surface area contributed by atoms with Gasteiger partial charge in [0.25, 0.3) is 6.43 Å². The van der Waals surface area contributed by atoms with Crippen molar-refractivity contribution in [3.8, 4) is 0 Å². The van der Waals surface area contributed by atoms with Crippen molar-refractivity contribution in [2.75, 3.05) is 36.0 Å². The Morgan fingerprint density at radius 1 is 0.853 bits per heavy atom. The van der Waals surface area contributed by atoms with Crippen molar-refractivity contribution in [3.63, 3.8) is 0 Å². The first kappa shape index (κ1) is 22.7. The fourth-order valence-electron chi connectivity index (χ4n) is 4.92. The van der Waals surface area contributed by atoms with Crippen LogP contribution in [-0.4, -0.2) is 57.3 Å². The van der Waals surface area contributed by atoms with Crippen LogP contribution in [0.1, 0.15) is 31.2 Å². The first-order valence-corrected chi connectivity index (χ1v) is 11.2. The Bertz CT molecular complexity index is 1130. The fourth-order valence-corrected chi connectivity index (χ4v) is 4.92. The zero-order valence-electron chi connectivity index (χ0n) is 18.3. The molecule has 3 aromatic rings. The maximum Gasteiger partial charge on any atom is 0.417 e. The molecule has 182 valence electrons. The molecule has 12 heteroatoms. The summed E-state index contributed by atoms with van der Waals surface area (Å²) in [6, 6.07) is 2.52. The lowest BCUT2D eigenvalue weighted by molar-refractivity contribution is -0.137. The highest BCUT2D eigenvalue weighted by atomic mass is 19.4. The van der Waals surface area contributed by atoms with Crippen molar-refractivity contribution in [2.24, 2.45) is 5.41 Å². The smallest absolute Gasteiger partial charge is 0.357 e. The number of halogens is 5. The van der Waals surface area contributed by atoms with Gasteiger partial charge in [-0.05, 0) is 43.2 Å².